The van der Waals surface area contributed by atoms with E-state index >= 15 is 0 Å². The monoisotopic (exact) mass is 373 g/mol. The number of para-hydroxylation sites is 1. The van der Waals surface area contributed by atoms with Crippen LogP contribution in [0.5, 0.6) is 0 Å². The van der Waals surface area contributed by atoms with E-state index in [0.29, 0.717) is 25.1 Å². The number of aromatic amines is 1. The Kier molecular flexibility index (Phi) is 5.26. The highest BCUT2D eigenvalue weighted by Crippen LogP contribution is 2.32. The fraction of sp³-hybridized carbons (Fsp3) is 0.500. The van der Waals surface area contributed by atoms with E-state index in [1.807, 2.05) is 51.1 Å². The van der Waals surface area contributed by atoms with Gasteiger partial charge in [-0.3, -0.25) is 14.5 Å². The summed E-state index contributed by atoms with van der Waals surface area (Å²) in [5.74, 6) is -1.92. The molecule has 0 spiro atoms. The standard InChI is InChI=1S/C20H27N3O4/c1-20(2,3)27-19(26)13-8-6-10-23(17(13)21)16(18(24)25)15-11-12-7-4-5-9-14(12)22-15/h4-5,7,9,11,13,16-17,22H,6,8,10,21H2,1-3H3,(H,24,25)/t13-,16+,17-/m1/s1. The normalized spacial score (nSPS) is 22.5. The molecular formula is C20H27N3O4. The van der Waals surface area contributed by atoms with Crippen LogP contribution in [-0.2, 0) is 14.3 Å². The first kappa shape index (κ1) is 19.4. The molecule has 3 atom stereocenters. The third kappa shape index (κ3) is 4.14. The van der Waals surface area contributed by atoms with Gasteiger partial charge in [-0.15, -0.1) is 0 Å². The second kappa shape index (κ2) is 7.32. The number of fused-ring (bicyclic) bond motifs is 1. The molecule has 146 valence electrons. The second-order valence-electron chi connectivity index (χ2n) is 8.06. The Bertz CT molecular complexity index is 806. The summed E-state index contributed by atoms with van der Waals surface area (Å²) in [5, 5.41) is 10.8. The number of rotatable bonds is 4. The van der Waals surface area contributed by atoms with Gasteiger partial charge in [0.1, 0.15) is 11.6 Å². The number of H-pyrrole nitrogens is 1. The number of hydrogen-bond acceptors (Lipinski definition) is 5. The number of aromatic nitrogens is 1. The summed E-state index contributed by atoms with van der Waals surface area (Å²) in [6.07, 6.45) is 0.550. The summed E-state index contributed by atoms with van der Waals surface area (Å²) in [6.45, 7) is 5.93. The molecule has 0 saturated carbocycles. The molecule has 0 bridgehead atoms. The zero-order valence-corrected chi connectivity index (χ0v) is 15.9. The van der Waals surface area contributed by atoms with Crippen molar-refractivity contribution in [2.45, 2.75) is 51.4 Å². The van der Waals surface area contributed by atoms with E-state index in [2.05, 4.69) is 4.98 Å². The average molecular weight is 373 g/mol. The van der Waals surface area contributed by atoms with Crippen molar-refractivity contribution in [2.75, 3.05) is 6.54 Å². The van der Waals surface area contributed by atoms with Crippen molar-refractivity contribution in [2.24, 2.45) is 11.7 Å². The smallest absolute Gasteiger partial charge is 0.327 e. The van der Waals surface area contributed by atoms with Crippen LogP contribution in [0.4, 0.5) is 0 Å². The summed E-state index contributed by atoms with van der Waals surface area (Å²) in [5.41, 5.74) is 7.18. The number of carbonyl (C=O) groups is 2. The van der Waals surface area contributed by atoms with Gasteiger partial charge >= 0.3 is 11.9 Å². The number of nitrogens with one attached hydrogen (secondary N) is 1. The molecule has 1 saturated heterocycles. The topological polar surface area (TPSA) is 109 Å². The molecular weight excluding hydrogens is 346 g/mol. The van der Waals surface area contributed by atoms with Crippen LogP contribution < -0.4 is 5.73 Å². The minimum Gasteiger partial charge on any atom is -0.480 e. The Morgan fingerprint density at radius 3 is 2.67 bits per heavy atom. The van der Waals surface area contributed by atoms with Crippen LogP contribution in [0.25, 0.3) is 10.9 Å². The van der Waals surface area contributed by atoms with Crippen molar-refractivity contribution in [3.63, 3.8) is 0 Å². The van der Waals surface area contributed by atoms with Crippen molar-refractivity contribution in [1.82, 2.24) is 9.88 Å². The van der Waals surface area contributed by atoms with Gasteiger partial charge in [-0.1, -0.05) is 18.2 Å². The Labute approximate surface area is 158 Å². The lowest BCUT2D eigenvalue weighted by molar-refractivity contribution is -0.167. The second-order valence-corrected chi connectivity index (χ2v) is 8.06. The lowest BCUT2D eigenvalue weighted by Gasteiger charge is -2.41. The van der Waals surface area contributed by atoms with E-state index in [1.165, 1.54) is 0 Å². The van der Waals surface area contributed by atoms with E-state index in [0.717, 1.165) is 10.9 Å². The quantitative estimate of drug-likeness (QED) is 0.711. The number of carboxylic acids is 1. The maximum absolute atomic E-state index is 12.6. The van der Waals surface area contributed by atoms with Crippen LogP contribution in [0.15, 0.2) is 30.3 Å². The van der Waals surface area contributed by atoms with Crippen LogP contribution in [0, 0.1) is 5.92 Å². The van der Waals surface area contributed by atoms with Crippen LogP contribution in [-0.4, -0.2) is 45.2 Å². The summed E-state index contributed by atoms with van der Waals surface area (Å²) < 4.78 is 5.49. The van der Waals surface area contributed by atoms with Crippen molar-refractivity contribution < 1.29 is 19.4 Å². The number of hydrogen-bond donors (Lipinski definition) is 3. The van der Waals surface area contributed by atoms with Gasteiger partial charge in [0.25, 0.3) is 0 Å². The first-order valence-electron chi connectivity index (χ1n) is 9.22. The first-order chi connectivity index (χ1) is 12.7. The fourth-order valence-corrected chi connectivity index (χ4v) is 3.68. The molecule has 27 heavy (non-hydrogen) atoms. The lowest BCUT2D eigenvalue weighted by atomic mass is 9.92. The van der Waals surface area contributed by atoms with Gasteiger partial charge in [-0.25, -0.2) is 0 Å². The molecule has 1 aliphatic heterocycles. The molecule has 2 heterocycles. The third-order valence-electron chi connectivity index (χ3n) is 4.85. The molecule has 1 aromatic carbocycles. The van der Waals surface area contributed by atoms with E-state index in [4.69, 9.17) is 10.5 Å². The summed E-state index contributed by atoms with van der Waals surface area (Å²) >= 11 is 0. The number of aliphatic carboxylic acids is 1. The predicted molar refractivity (Wildman–Crippen MR) is 102 cm³/mol. The highest BCUT2D eigenvalue weighted by atomic mass is 16.6. The number of nitrogens with zero attached hydrogens (tertiary/aromatic N) is 1. The molecule has 7 nitrogen and oxygen atoms in total. The molecule has 7 heteroatoms. The Morgan fingerprint density at radius 2 is 2.04 bits per heavy atom. The average Bonchev–Trinajstić information content (AvgIpc) is 2.98. The van der Waals surface area contributed by atoms with E-state index in [-0.39, 0.29) is 5.97 Å². The van der Waals surface area contributed by atoms with Crippen LogP contribution in [0.2, 0.25) is 0 Å². The molecule has 0 aliphatic carbocycles. The van der Waals surface area contributed by atoms with Crippen molar-refractivity contribution in [1.29, 1.82) is 0 Å². The molecule has 0 unspecified atom stereocenters. The van der Waals surface area contributed by atoms with Crippen LogP contribution in [0.1, 0.15) is 45.3 Å². The highest BCUT2D eigenvalue weighted by molar-refractivity contribution is 5.84. The van der Waals surface area contributed by atoms with Gasteiger partial charge in [-0.2, -0.15) is 0 Å². The Morgan fingerprint density at radius 1 is 1.33 bits per heavy atom. The molecule has 4 N–H and O–H groups in total. The van der Waals surface area contributed by atoms with Gasteiger partial charge in [0.2, 0.25) is 0 Å². The largest absolute Gasteiger partial charge is 0.480 e. The maximum Gasteiger partial charge on any atom is 0.327 e. The lowest BCUT2D eigenvalue weighted by Crippen LogP contribution is -2.56. The number of ether oxygens (including phenoxy) is 1. The molecule has 1 fully saturated rings. The summed E-state index contributed by atoms with van der Waals surface area (Å²) in [6, 6.07) is 8.51. The highest BCUT2D eigenvalue weighted by Gasteiger charge is 2.42. The number of esters is 1. The number of carboxylic acid groups (broad SMARTS) is 1. The van der Waals surface area contributed by atoms with Crippen LogP contribution in [0.3, 0.4) is 0 Å². The third-order valence-corrected chi connectivity index (χ3v) is 4.85. The van der Waals surface area contributed by atoms with Gasteiger partial charge in [0.05, 0.1) is 12.1 Å². The van der Waals surface area contributed by atoms with Crippen LogP contribution >= 0.6 is 0 Å². The van der Waals surface area contributed by atoms with Crippen molar-refractivity contribution >= 4 is 22.8 Å². The minimum atomic E-state index is -0.998. The van der Waals surface area contributed by atoms with Crippen molar-refractivity contribution in [3.8, 4) is 0 Å². The molecule has 0 radical (unpaired) electrons. The van der Waals surface area contributed by atoms with E-state index in [1.54, 1.807) is 4.90 Å². The molecule has 1 aromatic heterocycles. The molecule has 1 aliphatic rings. The zero-order chi connectivity index (χ0) is 19.8. The van der Waals surface area contributed by atoms with Gasteiger partial charge in [-0.05, 0) is 51.1 Å². The minimum absolute atomic E-state index is 0.375. The van der Waals surface area contributed by atoms with E-state index < -0.39 is 29.7 Å². The van der Waals surface area contributed by atoms with Gasteiger partial charge in [0, 0.05) is 17.8 Å². The van der Waals surface area contributed by atoms with Gasteiger partial charge in [0.15, 0.2) is 0 Å². The zero-order valence-electron chi connectivity index (χ0n) is 15.9. The number of likely N-dealkylation sites (tertiary alicyclic amines) is 1. The molecule has 2 aromatic rings. The number of carbonyl (C=O) groups excluding carboxylic acids is 1. The number of nitrogens with two attached hydrogens (primary N) is 1. The van der Waals surface area contributed by atoms with E-state index in [9.17, 15) is 14.7 Å². The summed E-state index contributed by atoms with van der Waals surface area (Å²) in [4.78, 5) is 29.5. The Hall–Kier alpha value is -2.38. The first-order valence-corrected chi connectivity index (χ1v) is 9.22. The SMILES string of the molecule is CC(C)(C)OC(=O)[C@@H]1CCCN([C@H](C(=O)O)c2cc3ccccc3[nH]2)[C@H]1N. The van der Waals surface area contributed by atoms with Crippen molar-refractivity contribution in [3.05, 3.63) is 36.0 Å². The Balaban J connectivity index is 1.88. The number of piperidine rings is 1. The maximum atomic E-state index is 12.6. The van der Waals surface area contributed by atoms with Gasteiger partial charge < -0.3 is 20.6 Å². The summed E-state index contributed by atoms with van der Waals surface area (Å²) in [7, 11) is 0. The number of benzene rings is 1. The fourth-order valence-electron chi connectivity index (χ4n) is 3.68. The molecule has 0 amide bonds. The predicted octanol–water partition coefficient (Wildman–Crippen LogP) is 2.63. The molecule has 3 rings (SSSR count).